The molecular weight excluding hydrogens is 294 g/mol. The molecule has 0 fully saturated rings. The minimum absolute atomic E-state index is 0.00550. The Balaban J connectivity index is 2.64. The molecule has 0 unspecified atom stereocenters. The molecule has 0 heterocycles. The highest BCUT2D eigenvalue weighted by Gasteiger charge is 2.37. The number of carbonyl (C=O) groups is 1. The van der Waals surface area contributed by atoms with Gasteiger partial charge in [-0.25, -0.2) is 0 Å². The zero-order valence-electron chi connectivity index (χ0n) is 13.1. The van der Waals surface area contributed by atoms with E-state index in [1.165, 1.54) is 24.3 Å². The molecule has 0 aliphatic heterocycles. The molecule has 0 N–H and O–H groups in total. The van der Waals surface area contributed by atoms with Crippen molar-refractivity contribution in [3.05, 3.63) is 29.8 Å². The topological polar surface area (TPSA) is 35.5 Å². The minimum atomic E-state index is -2.87. The Morgan fingerprint density at radius 2 is 1.71 bits per heavy atom. The van der Waals surface area contributed by atoms with Gasteiger partial charge >= 0.3 is 6.61 Å². The molecule has 1 aromatic rings. The largest absolute Gasteiger partial charge is 0.435 e. The fourth-order valence-corrected chi connectivity index (χ4v) is 2.29. The van der Waals surface area contributed by atoms with Crippen molar-refractivity contribution in [1.82, 2.24) is 0 Å². The number of Topliss-reactive ketones (excluding diaryl/α,β-unsaturated/α-hetero) is 1. The monoisotopic (exact) mass is 316 g/mol. The van der Waals surface area contributed by atoms with E-state index in [2.05, 4.69) is 38.6 Å². The van der Waals surface area contributed by atoms with Crippen LogP contribution >= 0.6 is 0 Å². The first-order chi connectivity index (χ1) is 9.53. The average Bonchev–Trinajstić information content (AvgIpc) is 2.35. The molecule has 0 saturated heterocycles. The van der Waals surface area contributed by atoms with E-state index in [0.29, 0.717) is 5.56 Å². The summed E-state index contributed by atoms with van der Waals surface area (Å²) in [6.45, 7) is 7.57. The summed E-state index contributed by atoms with van der Waals surface area (Å²) in [6, 6.07) is 5.64. The van der Waals surface area contributed by atoms with Crippen LogP contribution in [-0.4, -0.2) is 27.3 Å². The molecule has 0 aliphatic rings. The fourth-order valence-electron chi connectivity index (χ4n) is 1.37. The van der Waals surface area contributed by atoms with Gasteiger partial charge in [0.25, 0.3) is 0 Å². The molecule has 1 aromatic carbocycles. The van der Waals surface area contributed by atoms with Gasteiger partial charge in [-0.2, -0.15) is 8.78 Å². The lowest BCUT2D eigenvalue weighted by Crippen LogP contribution is -2.42. The Bertz CT molecular complexity index is 479. The molecule has 21 heavy (non-hydrogen) atoms. The summed E-state index contributed by atoms with van der Waals surface area (Å²) >= 11 is 0. The molecule has 0 atom stereocenters. The molecule has 0 aliphatic carbocycles. The Labute approximate surface area is 125 Å². The Morgan fingerprint density at radius 1 is 1.19 bits per heavy atom. The van der Waals surface area contributed by atoms with E-state index in [9.17, 15) is 13.6 Å². The van der Waals surface area contributed by atoms with Crippen molar-refractivity contribution in [2.24, 2.45) is 0 Å². The molecule has 1 rings (SSSR count). The second-order valence-corrected chi connectivity index (χ2v) is 11.2. The number of carbonyl (C=O) groups excluding carboxylic acids is 1. The first kappa shape index (κ1) is 17.8. The van der Waals surface area contributed by atoms with Gasteiger partial charge in [0, 0.05) is 5.56 Å². The van der Waals surface area contributed by atoms with Crippen molar-refractivity contribution in [3.63, 3.8) is 0 Å². The highest BCUT2D eigenvalue weighted by Crippen LogP contribution is 2.36. The quantitative estimate of drug-likeness (QED) is 0.573. The van der Waals surface area contributed by atoms with Crippen LogP contribution in [0, 0.1) is 0 Å². The number of rotatable bonds is 6. The Hall–Kier alpha value is -1.27. The van der Waals surface area contributed by atoms with E-state index in [4.69, 9.17) is 4.43 Å². The average molecular weight is 316 g/mol. The molecule has 3 nitrogen and oxygen atoms in total. The van der Waals surface area contributed by atoms with Crippen molar-refractivity contribution in [1.29, 1.82) is 0 Å². The van der Waals surface area contributed by atoms with E-state index in [-0.39, 0.29) is 23.2 Å². The van der Waals surface area contributed by atoms with Crippen LogP contribution in [0.25, 0.3) is 0 Å². The minimum Gasteiger partial charge on any atom is -0.435 e. The summed E-state index contributed by atoms with van der Waals surface area (Å²) in [7, 11) is -1.98. The molecule has 0 aromatic heterocycles. The number of halogens is 2. The van der Waals surface area contributed by atoms with Gasteiger partial charge < -0.3 is 9.16 Å². The molecule has 0 saturated carbocycles. The van der Waals surface area contributed by atoms with E-state index >= 15 is 0 Å². The summed E-state index contributed by atoms with van der Waals surface area (Å²) in [4.78, 5) is 12.1. The lowest BCUT2D eigenvalue weighted by molar-refractivity contribution is -0.0498. The van der Waals surface area contributed by atoms with Gasteiger partial charge in [-0.3, -0.25) is 4.79 Å². The summed E-state index contributed by atoms with van der Waals surface area (Å²) in [5.74, 6) is -0.129. The first-order valence-corrected chi connectivity index (χ1v) is 9.66. The van der Waals surface area contributed by atoms with Crippen molar-refractivity contribution in [3.8, 4) is 5.75 Å². The number of benzene rings is 1. The lowest BCUT2D eigenvalue weighted by atomic mass is 10.1. The normalized spacial score (nSPS) is 12.6. The predicted octanol–water partition coefficient (Wildman–Crippen LogP) is 4.49. The maximum Gasteiger partial charge on any atom is 0.387 e. The van der Waals surface area contributed by atoms with Gasteiger partial charge in [0.1, 0.15) is 5.75 Å². The molecule has 0 amide bonds. The van der Waals surface area contributed by atoms with Crippen molar-refractivity contribution in [2.45, 2.75) is 45.5 Å². The molecule has 118 valence electrons. The Kier molecular flexibility index (Phi) is 5.64. The van der Waals surface area contributed by atoms with Crippen LogP contribution in [0.2, 0.25) is 18.1 Å². The highest BCUT2D eigenvalue weighted by atomic mass is 28.4. The number of alkyl halides is 2. The molecule has 0 radical (unpaired) electrons. The van der Waals surface area contributed by atoms with Gasteiger partial charge in [0.2, 0.25) is 0 Å². The van der Waals surface area contributed by atoms with Crippen LogP contribution in [0.4, 0.5) is 8.78 Å². The van der Waals surface area contributed by atoms with Crippen molar-refractivity contribution < 1.29 is 22.7 Å². The third-order valence-electron chi connectivity index (χ3n) is 3.77. The third-order valence-corrected chi connectivity index (χ3v) is 8.25. The Morgan fingerprint density at radius 3 is 2.14 bits per heavy atom. The van der Waals surface area contributed by atoms with E-state index in [0.717, 1.165) is 0 Å². The zero-order valence-corrected chi connectivity index (χ0v) is 14.1. The summed E-state index contributed by atoms with van der Waals surface area (Å²) < 4.78 is 34.2. The standard InChI is InChI=1S/C15H22F2O3Si/c1-15(2,3)21(4,5)19-10-13(18)11-6-8-12(9-7-11)20-14(16)17/h6-9,14H,10H2,1-5H3. The summed E-state index contributed by atoms with van der Waals surface area (Å²) in [6.07, 6.45) is 0. The summed E-state index contributed by atoms with van der Waals surface area (Å²) in [5, 5.41) is 0.0300. The van der Waals surface area contributed by atoms with Crippen LogP contribution in [0.15, 0.2) is 24.3 Å². The second kappa shape index (κ2) is 6.66. The summed E-state index contributed by atoms with van der Waals surface area (Å²) in [5.41, 5.74) is 0.426. The van der Waals surface area contributed by atoms with Crippen LogP contribution < -0.4 is 4.74 Å². The van der Waals surface area contributed by atoms with Crippen molar-refractivity contribution >= 4 is 14.1 Å². The predicted molar refractivity (Wildman–Crippen MR) is 80.6 cm³/mol. The maximum absolute atomic E-state index is 12.1. The molecular formula is C15H22F2O3Si. The molecule has 0 bridgehead atoms. The van der Waals surface area contributed by atoms with Crippen LogP contribution in [-0.2, 0) is 4.43 Å². The van der Waals surface area contributed by atoms with Crippen LogP contribution in [0.1, 0.15) is 31.1 Å². The SMILES string of the molecule is CC(C)(C)[Si](C)(C)OCC(=O)c1ccc(OC(F)F)cc1. The van der Waals surface area contributed by atoms with Gasteiger partial charge in [-0.05, 0) is 42.4 Å². The van der Waals surface area contributed by atoms with E-state index in [1.807, 2.05) is 0 Å². The third kappa shape index (κ3) is 5.21. The van der Waals surface area contributed by atoms with Gasteiger partial charge in [0.15, 0.2) is 14.1 Å². The molecule has 0 spiro atoms. The number of ketones is 1. The zero-order chi connectivity index (χ0) is 16.3. The van der Waals surface area contributed by atoms with Gasteiger partial charge in [-0.15, -0.1) is 0 Å². The number of ether oxygens (including phenoxy) is 1. The van der Waals surface area contributed by atoms with Crippen LogP contribution in [0.3, 0.4) is 0 Å². The maximum atomic E-state index is 12.1. The number of hydrogen-bond acceptors (Lipinski definition) is 3. The number of hydrogen-bond donors (Lipinski definition) is 0. The first-order valence-electron chi connectivity index (χ1n) is 6.75. The van der Waals surface area contributed by atoms with E-state index in [1.54, 1.807) is 0 Å². The van der Waals surface area contributed by atoms with Gasteiger partial charge in [0.05, 0.1) is 6.61 Å². The fraction of sp³-hybridized carbons (Fsp3) is 0.533. The highest BCUT2D eigenvalue weighted by molar-refractivity contribution is 6.74. The van der Waals surface area contributed by atoms with Crippen LogP contribution in [0.5, 0.6) is 5.75 Å². The molecule has 6 heteroatoms. The smallest absolute Gasteiger partial charge is 0.387 e. The van der Waals surface area contributed by atoms with Crippen molar-refractivity contribution in [2.75, 3.05) is 6.61 Å². The second-order valence-electron chi connectivity index (χ2n) is 6.38. The lowest BCUT2D eigenvalue weighted by Gasteiger charge is -2.35. The van der Waals surface area contributed by atoms with E-state index < -0.39 is 14.9 Å². The van der Waals surface area contributed by atoms with Gasteiger partial charge in [-0.1, -0.05) is 20.8 Å².